The lowest BCUT2D eigenvalue weighted by molar-refractivity contribution is 0.180. The lowest BCUT2D eigenvalue weighted by Crippen LogP contribution is -2.34. The van der Waals surface area contributed by atoms with Crippen molar-refractivity contribution in [1.82, 2.24) is 4.90 Å². The number of methoxy groups -OCH3 is 1. The average molecular weight is 401 g/mol. The van der Waals surface area contributed by atoms with E-state index in [0.29, 0.717) is 18.5 Å². The predicted octanol–water partition coefficient (Wildman–Crippen LogP) is 4.13. The first kappa shape index (κ1) is 20.6. The Morgan fingerprint density at radius 1 is 1.14 bits per heavy atom. The zero-order valence-corrected chi connectivity index (χ0v) is 17.2. The van der Waals surface area contributed by atoms with Crippen molar-refractivity contribution in [2.24, 2.45) is 16.6 Å². The van der Waals surface area contributed by atoms with E-state index < -0.39 is 0 Å². The van der Waals surface area contributed by atoms with Gasteiger partial charge in [0.1, 0.15) is 0 Å². The Morgan fingerprint density at radius 2 is 1.82 bits per heavy atom. The molecule has 0 radical (unpaired) electrons. The molecule has 3 rings (SSSR count). The van der Waals surface area contributed by atoms with E-state index in [2.05, 4.69) is 21.3 Å². The van der Waals surface area contributed by atoms with Gasteiger partial charge in [-0.3, -0.25) is 9.89 Å². The van der Waals surface area contributed by atoms with Crippen LogP contribution in [0.5, 0.6) is 0 Å². The fraction of sp³-hybridized carbons (Fsp3) is 0.409. The highest BCUT2D eigenvalue weighted by Gasteiger charge is 2.19. The van der Waals surface area contributed by atoms with E-state index in [4.69, 9.17) is 22.1 Å². The van der Waals surface area contributed by atoms with Gasteiger partial charge in [0.25, 0.3) is 0 Å². The maximum atomic E-state index is 6.28. The number of nitrogens with zero attached hydrogens (tertiary/aromatic N) is 2. The van der Waals surface area contributed by atoms with Crippen LogP contribution in [0, 0.1) is 5.92 Å². The Morgan fingerprint density at radius 3 is 2.54 bits per heavy atom. The van der Waals surface area contributed by atoms with Crippen molar-refractivity contribution in [3.8, 4) is 0 Å². The topological polar surface area (TPSA) is 62.9 Å². The number of ether oxygens (including phenoxy) is 1. The molecule has 3 N–H and O–H groups in total. The summed E-state index contributed by atoms with van der Waals surface area (Å²) in [5.74, 6) is 1.03. The summed E-state index contributed by atoms with van der Waals surface area (Å²) in [6, 6.07) is 16.1. The second kappa shape index (κ2) is 10.5. The summed E-state index contributed by atoms with van der Waals surface area (Å²) in [5.41, 5.74) is 9.32. The van der Waals surface area contributed by atoms with Crippen LogP contribution in [0.1, 0.15) is 24.0 Å². The van der Waals surface area contributed by atoms with Crippen molar-refractivity contribution < 1.29 is 4.74 Å². The number of anilines is 1. The molecular formula is C22H29ClN4O. The Hall–Kier alpha value is -2.08. The monoisotopic (exact) mass is 400 g/mol. The zero-order chi connectivity index (χ0) is 19.8. The lowest BCUT2D eigenvalue weighted by atomic mass is 9.96. The number of hydrogen-bond acceptors (Lipinski definition) is 3. The van der Waals surface area contributed by atoms with E-state index in [9.17, 15) is 0 Å². The van der Waals surface area contributed by atoms with E-state index in [0.717, 1.165) is 55.3 Å². The number of likely N-dealkylation sites (tertiary alicyclic amines) is 1. The summed E-state index contributed by atoms with van der Waals surface area (Å²) in [7, 11) is 1.69. The number of hydrogen-bond donors (Lipinski definition) is 2. The molecule has 0 saturated carbocycles. The second-order valence-corrected chi connectivity index (χ2v) is 7.66. The van der Waals surface area contributed by atoms with Gasteiger partial charge in [-0.25, -0.2) is 0 Å². The molecule has 6 heteroatoms. The van der Waals surface area contributed by atoms with Crippen LogP contribution >= 0.6 is 11.6 Å². The molecule has 0 aromatic heterocycles. The first-order chi connectivity index (χ1) is 13.7. The largest absolute Gasteiger partial charge is 0.380 e. The Kier molecular flexibility index (Phi) is 7.71. The first-order valence-corrected chi connectivity index (χ1v) is 10.1. The number of para-hydroxylation sites is 1. The third-order valence-electron chi connectivity index (χ3n) is 5.16. The summed E-state index contributed by atoms with van der Waals surface area (Å²) < 4.78 is 5.23. The molecule has 0 atom stereocenters. The van der Waals surface area contributed by atoms with Gasteiger partial charge in [0.2, 0.25) is 0 Å². The summed E-state index contributed by atoms with van der Waals surface area (Å²) in [6.45, 7) is 4.34. The highest BCUT2D eigenvalue weighted by Crippen LogP contribution is 2.22. The van der Waals surface area contributed by atoms with Crippen LogP contribution in [0.25, 0.3) is 0 Å². The SMILES string of the molecule is COCc1ccccc1NC(N)=NCC1CCN(Cc2ccccc2Cl)CC1. The van der Waals surface area contributed by atoms with Crippen molar-refractivity contribution in [3.05, 3.63) is 64.7 Å². The van der Waals surface area contributed by atoms with Crippen molar-refractivity contribution in [2.75, 3.05) is 32.1 Å². The van der Waals surface area contributed by atoms with Crippen LogP contribution in [-0.2, 0) is 17.9 Å². The maximum Gasteiger partial charge on any atom is 0.193 e. The van der Waals surface area contributed by atoms with E-state index in [1.807, 2.05) is 42.5 Å². The maximum absolute atomic E-state index is 6.28. The van der Waals surface area contributed by atoms with Crippen molar-refractivity contribution in [3.63, 3.8) is 0 Å². The van der Waals surface area contributed by atoms with Crippen molar-refractivity contribution in [2.45, 2.75) is 26.0 Å². The Labute approximate surface area is 172 Å². The molecule has 2 aromatic carbocycles. The molecule has 1 aliphatic rings. The fourth-order valence-electron chi connectivity index (χ4n) is 3.52. The second-order valence-electron chi connectivity index (χ2n) is 7.25. The molecule has 0 amide bonds. The third-order valence-corrected chi connectivity index (χ3v) is 5.53. The van der Waals surface area contributed by atoms with Crippen LogP contribution in [0.2, 0.25) is 5.02 Å². The van der Waals surface area contributed by atoms with Crippen LogP contribution in [0.4, 0.5) is 5.69 Å². The van der Waals surface area contributed by atoms with E-state index in [1.54, 1.807) is 7.11 Å². The molecule has 1 heterocycles. The van der Waals surface area contributed by atoms with Gasteiger partial charge in [-0.05, 0) is 49.5 Å². The molecule has 0 unspecified atom stereocenters. The minimum absolute atomic E-state index is 0.460. The number of guanidine groups is 1. The van der Waals surface area contributed by atoms with E-state index in [1.165, 1.54) is 5.56 Å². The van der Waals surface area contributed by atoms with Crippen LogP contribution in [0.3, 0.4) is 0 Å². The number of benzene rings is 2. The van der Waals surface area contributed by atoms with Gasteiger partial charge in [0, 0.05) is 36.5 Å². The van der Waals surface area contributed by atoms with E-state index >= 15 is 0 Å². The molecule has 1 saturated heterocycles. The average Bonchev–Trinajstić information content (AvgIpc) is 2.71. The molecule has 28 heavy (non-hydrogen) atoms. The smallest absolute Gasteiger partial charge is 0.193 e. The molecule has 1 aliphatic heterocycles. The highest BCUT2D eigenvalue weighted by molar-refractivity contribution is 6.31. The van der Waals surface area contributed by atoms with Gasteiger partial charge in [-0.2, -0.15) is 0 Å². The standard InChI is InChI=1S/C22H29ClN4O/c1-28-16-19-7-3-5-9-21(19)26-22(24)25-14-17-10-12-27(13-11-17)15-18-6-2-4-8-20(18)23/h2-9,17H,10-16H2,1H3,(H3,24,25,26). The van der Waals surface area contributed by atoms with Crippen LogP contribution in [-0.4, -0.2) is 37.6 Å². The normalized spacial score (nSPS) is 16.3. The number of aliphatic imine (C=N–C) groups is 1. The van der Waals surface area contributed by atoms with Crippen LogP contribution in [0.15, 0.2) is 53.5 Å². The quantitative estimate of drug-likeness (QED) is 0.542. The molecule has 0 bridgehead atoms. The molecule has 0 aliphatic carbocycles. The number of piperidine rings is 1. The fourth-order valence-corrected chi connectivity index (χ4v) is 3.72. The number of nitrogens with one attached hydrogen (secondary N) is 1. The van der Waals surface area contributed by atoms with Gasteiger partial charge >= 0.3 is 0 Å². The van der Waals surface area contributed by atoms with Gasteiger partial charge in [-0.15, -0.1) is 0 Å². The molecule has 2 aromatic rings. The molecule has 5 nitrogen and oxygen atoms in total. The number of halogens is 1. The molecule has 0 spiro atoms. The highest BCUT2D eigenvalue weighted by atomic mass is 35.5. The summed E-state index contributed by atoms with van der Waals surface area (Å²) >= 11 is 6.28. The van der Waals surface area contributed by atoms with Crippen molar-refractivity contribution >= 4 is 23.2 Å². The minimum atomic E-state index is 0.460. The first-order valence-electron chi connectivity index (χ1n) is 9.75. The van der Waals surface area contributed by atoms with Crippen LogP contribution < -0.4 is 11.1 Å². The Balaban J connectivity index is 1.46. The molecule has 150 valence electrons. The summed E-state index contributed by atoms with van der Waals surface area (Å²) in [6.07, 6.45) is 2.25. The summed E-state index contributed by atoms with van der Waals surface area (Å²) in [5, 5.41) is 4.05. The van der Waals surface area contributed by atoms with E-state index in [-0.39, 0.29) is 0 Å². The predicted molar refractivity (Wildman–Crippen MR) is 117 cm³/mol. The molecule has 1 fully saturated rings. The van der Waals surface area contributed by atoms with Gasteiger partial charge in [0.15, 0.2) is 5.96 Å². The summed E-state index contributed by atoms with van der Waals surface area (Å²) in [4.78, 5) is 7.03. The van der Waals surface area contributed by atoms with Crippen molar-refractivity contribution in [1.29, 1.82) is 0 Å². The van der Waals surface area contributed by atoms with Gasteiger partial charge in [-0.1, -0.05) is 48.0 Å². The zero-order valence-electron chi connectivity index (χ0n) is 16.4. The third kappa shape index (κ3) is 5.96. The lowest BCUT2D eigenvalue weighted by Gasteiger charge is -2.31. The number of nitrogens with two attached hydrogens (primary N) is 1. The van der Waals surface area contributed by atoms with Gasteiger partial charge < -0.3 is 15.8 Å². The minimum Gasteiger partial charge on any atom is -0.380 e. The molecular weight excluding hydrogens is 372 g/mol. The van der Waals surface area contributed by atoms with Gasteiger partial charge in [0.05, 0.1) is 6.61 Å². The number of rotatable bonds is 7. The Bertz CT molecular complexity index is 788.